The molecule has 2 aromatic rings. The number of rotatable bonds is 3. The molecule has 0 aliphatic rings. The van der Waals surface area contributed by atoms with Gasteiger partial charge in [-0.05, 0) is 31.5 Å². The van der Waals surface area contributed by atoms with Gasteiger partial charge in [0, 0.05) is 36.4 Å². The number of benzene rings is 1. The van der Waals surface area contributed by atoms with Crippen LogP contribution in [0.15, 0.2) is 36.7 Å². The molecule has 0 aliphatic carbocycles. The molecule has 94 valence electrons. The Bertz CT molecular complexity index is 552. The maximum Gasteiger partial charge on any atom is 0.0510 e. The van der Waals surface area contributed by atoms with Crippen molar-refractivity contribution in [3.8, 4) is 0 Å². The van der Waals surface area contributed by atoms with Crippen molar-refractivity contribution >= 4 is 23.0 Å². The van der Waals surface area contributed by atoms with Gasteiger partial charge in [-0.1, -0.05) is 17.7 Å². The number of pyridine rings is 1. The van der Waals surface area contributed by atoms with Crippen LogP contribution in [0, 0.1) is 13.8 Å². The number of nitrogens with zero attached hydrogens (tertiary/aromatic N) is 2. The smallest absolute Gasteiger partial charge is 0.0510 e. The highest BCUT2D eigenvalue weighted by Crippen LogP contribution is 2.30. The summed E-state index contributed by atoms with van der Waals surface area (Å²) in [6.45, 7) is 4.23. The van der Waals surface area contributed by atoms with E-state index >= 15 is 0 Å². The van der Waals surface area contributed by atoms with Crippen molar-refractivity contribution in [2.45, 2.75) is 19.7 Å². The number of aryl methyl sites for hydroxylation is 2. The molecular weight excluding hydrogens is 244 g/mol. The predicted molar refractivity (Wildman–Crippen MR) is 77.8 cm³/mol. The van der Waals surface area contributed by atoms with E-state index in [0.29, 0.717) is 5.88 Å². The lowest BCUT2D eigenvalue weighted by Crippen LogP contribution is -2.13. The van der Waals surface area contributed by atoms with Gasteiger partial charge < -0.3 is 4.90 Å². The van der Waals surface area contributed by atoms with Gasteiger partial charge in [0.15, 0.2) is 0 Å². The maximum absolute atomic E-state index is 5.96. The summed E-state index contributed by atoms with van der Waals surface area (Å²) in [4.78, 5) is 6.28. The first kappa shape index (κ1) is 12.9. The highest BCUT2D eigenvalue weighted by Gasteiger charge is 2.10. The molecule has 0 amide bonds. The quantitative estimate of drug-likeness (QED) is 0.769. The molecule has 1 aromatic heterocycles. The number of aromatic nitrogens is 1. The molecule has 0 atom stereocenters. The first-order chi connectivity index (χ1) is 8.63. The van der Waals surface area contributed by atoms with Crippen LogP contribution in [0.4, 0.5) is 11.4 Å². The molecule has 0 spiro atoms. The average molecular weight is 261 g/mol. The molecule has 0 bridgehead atoms. The lowest BCUT2D eigenvalue weighted by atomic mass is 10.1. The van der Waals surface area contributed by atoms with Gasteiger partial charge in [0.2, 0.25) is 0 Å². The van der Waals surface area contributed by atoms with Crippen LogP contribution in [0.1, 0.15) is 16.7 Å². The van der Waals surface area contributed by atoms with Gasteiger partial charge in [0.25, 0.3) is 0 Å². The van der Waals surface area contributed by atoms with Crippen LogP contribution in [0.25, 0.3) is 0 Å². The Hall–Kier alpha value is -1.54. The SMILES string of the molecule is Cc1ccc(N(C)c2ccncc2CCl)c(C)c1. The zero-order chi connectivity index (χ0) is 13.1. The van der Waals surface area contributed by atoms with Gasteiger partial charge in [0.05, 0.1) is 5.88 Å². The van der Waals surface area contributed by atoms with E-state index in [0.717, 1.165) is 11.3 Å². The summed E-state index contributed by atoms with van der Waals surface area (Å²) in [5.41, 5.74) is 5.87. The number of alkyl halides is 1. The van der Waals surface area contributed by atoms with Crippen LogP contribution in [-0.2, 0) is 5.88 Å². The van der Waals surface area contributed by atoms with Crippen molar-refractivity contribution < 1.29 is 0 Å². The van der Waals surface area contributed by atoms with Gasteiger partial charge in [-0.2, -0.15) is 0 Å². The van der Waals surface area contributed by atoms with Crippen molar-refractivity contribution in [2.75, 3.05) is 11.9 Å². The van der Waals surface area contributed by atoms with E-state index in [1.807, 2.05) is 12.3 Å². The zero-order valence-electron chi connectivity index (χ0n) is 10.9. The predicted octanol–water partition coefficient (Wildman–Crippen LogP) is 4.21. The number of hydrogen-bond acceptors (Lipinski definition) is 2. The summed E-state index contributed by atoms with van der Waals surface area (Å²) in [5, 5.41) is 0. The van der Waals surface area contributed by atoms with Crippen molar-refractivity contribution in [3.63, 3.8) is 0 Å². The standard InChI is InChI=1S/C15H17ClN2/c1-11-4-5-14(12(2)8-11)18(3)15-6-7-17-10-13(15)9-16/h4-8,10H,9H2,1-3H3. The van der Waals surface area contributed by atoms with Gasteiger partial charge in [-0.25, -0.2) is 0 Å². The van der Waals surface area contributed by atoms with Crippen molar-refractivity contribution in [1.82, 2.24) is 4.98 Å². The third-order valence-corrected chi connectivity index (χ3v) is 3.38. The minimum absolute atomic E-state index is 0.471. The second kappa shape index (κ2) is 5.40. The van der Waals surface area contributed by atoms with Gasteiger partial charge in [-0.15, -0.1) is 11.6 Å². The van der Waals surface area contributed by atoms with E-state index in [2.05, 4.69) is 49.0 Å². The molecule has 0 radical (unpaired) electrons. The van der Waals surface area contributed by atoms with Crippen molar-refractivity contribution in [3.05, 3.63) is 53.3 Å². The average Bonchev–Trinajstić information content (AvgIpc) is 2.38. The van der Waals surface area contributed by atoms with E-state index in [-0.39, 0.29) is 0 Å². The Kier molecular flexibility index (Phi) is 3.87. The minimum Gasteiger partial charge on any atom is -0.344 e. The monoisotopic (exact) mass is 260 g/mol. The Labute approximate surface area is 113 Å². The molecule has 2 rings (SSSR count). The lowest BCUT2D eigenvalue weighted by molar-refractivity contribution is 1.13. The number of halogens is 1. The van der Waals surface area contributed by atoms with E-state index in [1.54, 1.807) is 6.20 Å². The molecule has 0 N–H and O–H groups in total. The summed E-state index contributed by atoms with van der Waals surface area (Å²) in [5.74, 6) is 0.471. The third kappa shape index (κ3) is 2.49. The molecule has 0 unspecified atom stereocenters. The number of hydrogen-bond donors (Lipinski definition) is 0. The van der Waals surface area contributed by atoms with Crippen LogP contribution < -0.4 is 4.90 Å². The summed E-state index contributed by atoms with van der Waals surface area (Å²) in [6, 6.07) is 8.45. The zero-order valence-corrected chi connectivity index (χ0v) is 11.7. The fourth-order valence-corrected chi connectivity index (χ4v) is 2.37. The van der Waals surface area contributed by atoms with Crippen LogP contribution in [0.5, 0.6) is 0 Å². The third-order valence-electron chi connectivity index (χ3n) is 3.10. The molecule has 1 heterocycles. The first-order valence-electron chi connectivity index (χ1n) is 5.93. The van der Waals surface area contributed by atoms with E-state index in [1.165, 1.54) is 16.8 Å². The van der Waals surface area contributed by atoms with Crippen LogP contribution in [0.3, 0.4) is 0 Å². The van der Waals surface area contributed by atoms with Crippen molar-refractivity contribution in [1.29, 1.82) is 0 Å². The summed E-state index contributed by atoms with van der Waals surface area (Å²) < 4.78 is 0. The molecule has 0 aliphatic heterocycles. The van der Waals surface area contributed by atoms with Crippen molar-refractivity contribution in [2.24, 2.45) is 0 Å². The Morgan fingerprint density at radius 3 is 2.61 bits per heavy atom. The second-order valence-electron chi connectivity index (χ2n) is 4.49. The van der Waals surface area contributed by atoms with Crippen LogP contribution >= 0.6 is 11.6 Å². The van der Waals surface area contributed by atoms with Gasteiger partial charge in [0.1, 0.15) is 0 Å². The highest BCUT2D eigenvalue weighted by molar-refractivity contribution is 6.17. The Morgan fingerprint density at radius 2 is 1.94 bits per heavy atom. The molecular formula is C15H17ClN2. The maximum atomic E-state index is 5.96. The Morgan fingerprint density at radius 1 is 1.17 bits per heavy atom. The largest absolute Gasteiger partial charge is 0.344 e. The molecule has 18 heavy (non-hydrogen) atoms. The molecule has 0 fully saturated rings. The van der Waals surface area contributed by atoms with Gasteiger partial charge >= 0.3 is 0 Å². The topological polar surface area (TPSA) is 16.1 Å². The lowest BCUT2D eigenvalue weighted by Gasteiger charge is -2.23. The molecule has 3 heteroatoms. The van der Waals surface area contributed by atoms with Crippen LogP contribution in [0.2, 0.25) is 0 Å². The normalized spacial score (nSPS) is 10.4. The fourth-order valence-electron chi connectivity index (χ4n) is 2.16. The summed E-state index contributed by atoms with van der Waals surface area (Å²) in [6.07, 6.45) is 3.62. The first-order valence-corrected chi connectivity index (χ1v) is 6.46. The fraction of sp³-hybridized carbons (Fsp3) is 0.267. The van der Waals surface area contributed by atoms with Gasteiger partial charge in [-0.3, -0.25) is 4.98 Å². The molecule has 1 aromatic carbocycles. The second-order valence-corrected chi connectivity index (χ2v) is 4.75. The molecule has 0 saturated carbocycles. The minimum atomic E-state index is 0.471. The molecule has 0 saturated heterocycles. The van der Waals surface area contributed by atoms with E-state index in [4.69, 9.17) is 11.6 Å². The summed E-state index contributed by atoms with van der Waals surface area (Å²) in [7, 11) is 2.06. The van der Waals surface area contributed by atoms with Crippen LogP contribution in [-0.4, -0.2) is 12.0 Å². The van der Waals surface area contributed by atoms with E-state index < -0.39 is 0 Å². The number of anilines is 2. The van der Waals surface area contributed by atoms with E-state index in [9.17, 15) is 0 Å². The Balaban J connectivity index is 2.44. The molecule has 2 nitrogen and oxygen atoms in total. The summed E-state index contributed by atoms with van der Waals surface area (Å²) >= 11 is 5.96. The highest BCUT2D eigenvalue weighted by atomic mass is 35.5.